The number of hydrazone groups is 1. The second-order valence-corrected chi connectivity index (χ2v) is 9.71. The lowest BCUT2D eigenvalue weighted by molar-refractivity contribution is 0.103. The Morgan fingerprint density at radius 3 is 2.29 bits per heavy atom. The SMILES string of the molecule is CCOc1cc2c(cc1OCC)C1(C)N(CC2)C(C(=O)c2ccc3ccccc3c2)=NN1c1ccccc1. The molecule has 2 aliphatic rings. The molecule has 0 fully saturated rings. The Bertz CT molecular complexity index is 1550. The first-order valence-electron chi connectivity index (χ1n) is 13.2. The number of rotatable bonds is 7. The normalized spacial score (nSPS) is 18.1. The fourth-order valence-corrected chi connectivity index (χ4v) is 5.67. The van der Waals surface area contributed by atoms with Crippen LogP contribution in [0.15, 0.2) is 90.0 Å². The molecule has 0 saturated heterocycles. The summed E-state index contributed by atoms with van der Waals surface area (Å²) in [6.45, 7) is 7.84. The highest BCUT2D eigenvalue weighted by molar-refractivity contribution is 6.46. The van der Waals surface area contributed by atoms with E-state index in [4.69, 9.17) is 14.6 Å². The quantitative estimate of drug-likeness (QED) is 0.273. The molecule has 0 bridgehead atoms. The van der Waals surface area contributed by atoms with Crippen molar-refractivity contribution in [3.8, 4) is 11.5 Å². The Balaban J connectivity index is 1.49. The van der Waals surface area contributed by atoms with Crippen molar-refractivity contribution in [2.75, 3.05) is 24.8 Å². The van der Waals surface area contributed by atoms with Gasteiger partial charge in [-0.3, -0.25) is 4.79 Å². The van der Waals surface area contributed by atoms with Crippen LogP contribution in [0.25, 0.3) is 10.8 Å². The average Bonchev–Trinajstić information content (AvgIpc) is 3.27. The highest BCUT2D eigenvalue weighted by Gasteiger charge is 2.52. The van der Waals surface area contributed by atoms with E-state index >= 15 is 0 Å². The van der Waals surface area contributed by atoms with Crippen LogP contribution in [-0.4, -0.2) is 36.3 Å². The van der Waals surface area contributed by atoms with Gasteiger partial charge in [-0.2, -0.15) is 0 Å². The van der Waals surface area contributed by atoms with E-state index in [1.54, 1.807) is 0 Å². The molecular weight excluding hydrogens is 474 g/mol. The summed E-state index contributed by atoms with van der Waals surface area (Å²) in [5.41, 5.74) is 3.07. The van der Waals surface area contributed by atoms with Crippen molar-refractivity contribution in [2.24, 2.45) is 5.10 Å². The molecule has 1 atom stereocenters. The topological polar surface area (TPSA) is 54.4 Å². The minimum Gasteiger partial charge on any atom is -0.490 e. The van der Waals surface area contributed by atoms with Crippen molar-refractivity contribution in [1.29, 1.82) is 0 Å². The highest BCUT2D eigenvalue weighted by Crippen LogP contribution is 2.48. The number of ketones is 1. The van der Waals surface area contributed by atoms with Crippen LogP contribution >= 0.6 is 0 Å². The maximum absolute atomic E-state index is 14.0. The molecule has 0 radical (unpaired) electrons. The van der Waals surface area contributed by atoms with Crippen molar-refractivity contribution >= 4 is 28.1 Å². The minimum atomic E-state index is -0.715. The predicted octanol–water partition coefficient (Wildman–Crippen LogP) is 6.38. The number of carbonyl (C=O) groups is 1. The van der Waals surface area contributed by atoms with E-state index in [0.717, 1.165) is 34.2 Å². The van der Waals surface area contributed by atoms with Gasteiger partial charge in [0, 0.05) is 17.7 Å². The fourth-order valence-electron chi connectivity index (χ4n) is 5.67. The second kappa shape index (κ2) is 9.53. The first-order chi connectivity index (χ1) is 18.5. The summed E-state index contributed by atoms with van der Waals surface area (Å²) in [5.74, 6) is 1.82. The third-order valence-corrected chi connectivity index (χ3v) is 7.49. The third-order valence-electron chi connectivity index (χ3n) is 7.49. The zero-order valence-corrected chi connectivity index (χ0v) is 22.0. The van der Waals surface area contributed by atoms with Crippen LogP contribution in [0.3, 0.4) is 0 Å². The third kappa shape index (κ3) is 3.79. The van der Waals surface area contributed by atoms with Crippen LogP contribution in [0.2, 0.25) is 0 Å². The monoisotopic (exact) mass is 505 g/mol. The Morgan fingerprint density at radius 1 is 0.868 bits per heavy atom. The molecule has 38 heavy (non-hydrogen) atoms. The number of amidine groups is 1. The van der Waals surface area contributed by atoms with Crippen molar-refractivity contribution in [3.05, 3.63) is 102 Å². The van der Waals surface area contributed by atoms with Crippen LogP contribution in [0.4, 0.5) is 5.69 Å². The average molecular weight is 506 g/mol. The van der Waals surface area contributed by atoms with E-state index < -0.39 is 5.66 Å². The maximum Gasteiger partial charge on any atom is 0.230 e. The van der Waals surface area contributed by atoms with Gasteiger partial charge in [0.25, 0.3) is 0 Å². The maximum atomic E-state index is 14.0. The van der Waals surface area contributed by atoms with Crippen LogP contribution in [0.1, 0.15) is 42.3 Å². The van der Waals surface area contributed by atoms with Crippen LogP contribution < -0.4 is 14.5 Å². The molecule has 6 heteroatoms. The Labute approximate surface area is 223 Å². The molecule has 6 nitrogen and oxygen atoms in total. The lowest BCUT2D eigenvalue weighted by Crippen LogP contribution is -2.55. The highest BCUT2D eigenvalue weighted by atomic mass is 16.5. The van der Waals surface area contributed by atoms with Gasteiger partial charge in [-0.1, -0.05) is 54.6 Å². The fraction of sp³-hybridized carbons (Fsp3) is 0.250. The minimum absolute atomic E-state index is 0.0835. The van der Waals surface area contributed by atoms with Gasteiger partial charge in [0.2, 0.25) is 5.78 Å². The molecule has 1 unspecified atom stereocenters. The molecule has 192 valence electrons. The first kappa shape index (κ1) is 24.0. The van der Waals surface area contributed by atoms with Crippen molar-refractivity contribution in [2.45, 2.75) is 32.9 Å². The van der Waals surface area contributed by atoms with Crippen LogP contribution in [0, 0.1) is 0 Å². The number of Topliss-reactive ketones (excluding diaryl/α,β-unsaturated/α-hetero) is 1. The molecule has 0 N–H and O–H groups in total. The van der Waals surface area contributed by atoms with Gasteiger partial charge in [-0.15, -0.1) is 5.10 Å². The number of para-hydroxylation sites is 1. The molecule has 4 aromatic carbocycles. The van der Waals surface area contributed by atoms with Crippen molar-refractivity contribution in [1.82, 2.24) is 4.90 Å². The Kier molecular flexibility index (Phi) is 6.03. The van der Waals surface area contributed by atoms with Gasteiger partial charge in [0.15, 0.2) is 23.0 Å². The second-order valence-electron chi connectivity index (χ2n) is 9.71. The number of hydrogen-bond donors (Lipinski definition) is 0. The summed E-state index contributed by atoms with van der Waals surface area (Å²) in [7, 11) is 0. The van der Waals surface area contributed by atoms with E-state index in [9.17, 15) is 4.79 Å². The molecule has 0 aromatic heterocycles. The first-order valence-corrected chi connectivity index (χ1v) is 13.2. The molecule has 0 spiro atoms. The molecule has 6 rings (SSSR count). The number of hydrogen-bond acceptors (Lipinski definition) is 6. The number of fused-ring (bicyclic) bond motifs is 4. The van der Waals surface area contributed by atoms with Gasteiger partial charge >= 0.3 is 0 Å². The summed E-state index contributed by atoms with van der Waals surface area (Å²) in [5, 5.41) is 9.14. The van der Waals surface area contributed by atoms with E-state index in [0.29, 0.717) is 36.9 Å². The smallest absolute Gasteiger partial charge is 0.230 e. The zero-order valence-electron chi connectivity index (χ0n) is 22.0. The summed E-state index contributed by atoms with van der Waals surface area (Å²) < 4.78 is 11.9. The number of carbonyl (C=O) groups excluding carboxylic acids is 1. The molecule has 2 aliphatic heterocycles. The van der Waals surface area contributed by atoms with Gasteiger partial charge in [-0.05, 0) is 73.9 Å². The van der Waals surface area contributed by atoms with Gasteiger partial charge in [-0.25, -0.2) is 5.01 Å². The van der Waals surface area contributed by atoms with Crippen LogP contribution in [0.5, 0.6) is 11.5 Å². The number of anilines is 1. The Hall–Kier alpha value is -4.32. The number of nitrogens with zero attached hydrogens (tertiary/aromatic N) is 3. The largest absolute Gasteiger partial charge is 0.490 e. The lowest BCUT2D eigenvalue weighted by Gasteiger charge is -2.46. The van der Waals surface area contributed by atoms with Crippen molar-refractivity contribution < 1.29 is 14.3 Å². The summed E-state index contributed by atoms with van der Waals surface area (Å²) in [6, 6.07) is 28.2. The Morgan fingerprint density at radius 2 is 1.55 bits per heavy atom. The van der Waals surface area contributed by atoms with E-state index in [2.05, 4.69) is 30.0 Å². The molecule has 0 saturated carbocycles. The molecule has 0 amide bonds. The van der Waals surface area contributed by atoms with Crippen LogP contribution in [-0.2, 0) is 12.1 Å². The van der Waals surface area contributed by atoms with E-state index in [-0.39, 0.29) is 5.78 Å². The summed E-state index contributed by atoms with van der Waals surface area (Å²) in [4.78, 5) is 16.2. The van der Waals surface area contributed by atoms with Gasteiger partial charge in [0.1, 0.15) is 0 Å². The molecule has 0 aliphatic carbocycles. The standard InChI is InChI=1S/C32H31N3O3/c1-4-37-28-20-24-17-18-34-31(30(36)25-16-15-22-11-9-10-12-23(22)19-25)33-35(26-13-7-6-8-14-26)32(34,3)27(24)21-29(28)38-5-2/h6-16,19-21H,4-5,17-18H2,1-3H3. The van der Waals surface area contributed by atoms with Crippen molar-refractivity contribution in [3.63, 3.8) is 0 Å². The lowest BCUT2D eigenvalue weighted by atomic mass is 9.86. The summed E-state index contributed by atoms with van der Waals surface area (Å²) >= 11 is 0. The van der Waals surface area contributed by atoms with Gasteiger partial charge in [0.05, 0.1) is 18.9 Å². The molecule has 4 aromatic rings. The predicted molar refractivity (Wildman–Crippen MR) is 151 cm³/mol. The van der Waals surface area contributed by atoms with E-state index in [1.165, 1.54) is 5.56 Å². The number of ether oxygens (including phenoxy) is 2. The summed E-state index contributed by atoms with van der Waals surface area (Å²) in [6.07, 6.45) is 0.768. The van der Waals surface area contributed by atoms with E-state index in [1.807, 2.05) is 85.6 Å². The molecular formula is C32H31N3O3. The van der Waals surface area contributed by atoms with Gasteiger partial charge < -0.3 is 14.4 Å². The number of benzene rings is 4. The zero-order chi connectivity index (χ0) is 26.3. The molecule has 2 heterocycles.